The van der Waals surface area contributed by atoms with Gasteiger partial charge in [0.25, 0.3) is 0 Å². The molecule has 2 aromatic carbocycles. The molecule has 0 fully saturated rings. The van der Waals surface area contributed by atoms with Gasteiger partial charge in [0.1, 0.15) is 24.0 Å². The molecule has 0 heterocycles. The molecule has 0 aliphatic heterocycles. The molecule has 140 valence electrons. The standard InChI is InChI=1S/C20H23ClFNO3/c1-3-20(23,12-24)13-25-14(2)19(15-7-5-4-6-8-15)26-18-10-16(21)9-17(22)11-18/h4-12,14,19H,3,13,23H2,1-2H3/t14-,19-,20-/m0/s1. The highest BCUT2D eigenvalue weighted by Crippen LogP contribution is 2.29. The molecule has 0 unspecified atom stereocenters. The molecule has 3 atom stereocenters. The van der Waals surface area contributed by atoms with E-state index in [1.807, 2.05) is 44.2 Å². The van der Waals surface area contributed by atoms with Crippen molar-refractivity contribution in [2.24, 2.45) is 5.73 Å². The van der Waals surface area contributed by atoms with Crippen LogP contribution in [0.4, 0.5) is 4.39 Å². The molecule has 0 aliphatic carbocycles. The number of halogens is 2. The Morgan fingerprint density at radius 2 is 1.96 bits per heavy atom. The minimum absolute atomic E-state index is 0.0603. The summed E-state index contributed by atoms with van der Waals surface area (Å²) < 4.78 is 25.4. The molecule has 0 spiro atoms. The van der Waals surface area contributed by atoms with E-state index < -0.39 is 23.6 Å². The number of hydrogen-bond donors (Lipinski definition) is 1. The first kappa shape index (κ1) is 20.4. The second-order valence-electron chi connectivity index (χ2n) is 6.27. The number of rotatable bonds is 9. The zero-order valence-electron chi connectivity index (χ0n) is 14.8. The van der Waals surface area contributed by atoms with Crippen molar-refractivity contribution in [3.8, 4) is 5.75 Å². The van der Waals surface area contributed by atoms with Crippen molar-refractivity contribution in [3.63, 3.8) is 0 Å². The molecule has 0 aliphatic rings. The van der Waals surface area contributed by atoms with Gasteiger partial charge in [0.2, 0.25) is 0 Å². The Hall–Kier alpha value is -1.95. The topological polar surface area (TPSA) is 61.6 Å². The SMILES string of the molecule is CC[C@](N)(C=O)CO[C@@H](C)[C@H](Oc1cc(F)cc(Cl)c1)c1ccccc1. The maximum Gasteiger partial charge on any atom is 0.149 e. The zero-order chi connectivity index (χ0) is 19.2. The Morgan fingerprint density at radius 3 is 2.54 bits per heavy atom. The van der Waals surface area contributed by atoms with E-state index in [0.29, 0.717) is 18.5 Å². The van der Waals surface area contributed by atoms with E-state index in [1.165, 1.54) is 18.2 Å². The van der Waals surface area contributed by atoms with Gasteiger partial charge in [-0.1, -0.05) is 48.9 Å². The van der Waals surface area contributed by atoms with Crippen molar-refractivity contribution in [1.29, 1.82) is 0 Å². The maximum absolute atomic E-state index is 13.6. The fourth-order valence-corrected chi connectivity index (χ4v) is 2.63. The van der Waals surface area contributed by atoms with Gasteiger partial charge in [-0.15, -0.1) is 0 Å². The highest BCUT2D eigenvalue weighted by molar-refractivity contribution is 6.30. The lowest BCUT2D eigenvalue weighted by atomic mass is 10.0. The first-order valence-corrected chi connectivity index (χ1v) is 8.79. The maximum atomic E-state index is 13.6. The third-order valence-electron chi connectivity index (χ3n) is 4.16. The molecule has 4 nitrogen and oxygen atoms in total. The molecule has 2 N–H and O–H groups in total. The second-order valence-corrected chi connectivity index (χ2v) is 6.71. The average molecular weight is 380 g/mol. The lowest BCUT2D eigenvalue weighted by Gasteiger charge is -2.29. The van der Waals surface area contributed by atoms with Crippen molar-refractivity contribution in [2.45, 2.75) is 38.0 Å². The van der Waals surface area contributed by atoms with Crippen LogP contribution in [0.1, 0.15) is 31.9 Å². The van der Waals surface area contributed by atoms with Crippen LogP contribution in [0.5, 0.6) is 5.75 Å². The van der Waals surface area contributed by atoms with E-state index in [0.717, 1.165) is 5.56 Å². The quantitative estimate of drug-likeness (QED) is 0.659. The van der Waals surface area contributed by atoms with Crippen LogP contribution in [0.15, 0.2) is 48.5 Å². The van der Waals surface area contributed by atoms with Crippen LogP contribution in [0.25, 0.3) is 0 Å². The monoisotopic (exact) mass is 379 g/mol. The molecule has 0 saturated carbocycles. The number of ether oxygens (including phenoxy) is 2. The van der Waals surface area contributed by atoms with E-state index in [9.17, 15) is 9.18 Å². The summed E-state index contributed by atoms with van der Waals surface area (Å²) in [5.74, 6) is -0.190. The summed E-state index contributed by atoms with van der Waals surface area (Å²) in [5, 5.41) is 0.244. The lowest BCUT2D eigenvalue weighted by Crippen LogP contribution is -2.47. The van der Waals surface area contributed by atoms with Gasteiger partial charge in [0, 0.05) is 11.1 Å². The molecular weight excluding hydrogens is 357 g/mol. The normalized spacial score (nSPS) is 15.7. The van der Waals surface area contributed by atoms with Crippen LogP contribution in [-0.4, -0.2) is 24.5 Å². The molecule has 0 aromatic heterocycles. The molecule has 0 saturated heterocycles. The first-order valence-electron chi connectivity index (χ1n) is 8.41. The molecule has 2 aromatic rings. The van der Waals surface area contributed by atoms with E-state index in [-0.39, 0.29) is 11.6 Å². The number of carbonyl (C=O) groups is 1. The minimum atomic E-state index is -1.04. The number of hydrogen-bond acceptors (Lipinski definition) is 4. The number of aldehydes is 1. The first-order chi connectivity index (χ1) is 12.4. The van der Waals surface area contributed by atoms with Gasteiger partial charge in [-0.05, 0) is 31.0 Å². The molecule has 6 heteroatoms. The summed E-state index contributed by atoms with van der Waals surface area (Å²) in [6.45, 7) is 3.70. The summed E-state index contributed by atoms with van der Waals surface area (Å²) in [5.41, 5.74) is 5.78. The molecule has 0 amide bonds. The highest BCUT2D eigenvalue weighted by Gasteiger charge is 2.28. The number of nitrogens with two attached hydrogens (primary N) is 1. The third-order valence-corrected chi connectivity index (χ3v) is 4.38. The summed E-state index contributed by atoms with van der Waals surface area (Å²) in [6.07, 6.45) is 0.194. The van der Waals surface area contributed by atoms with Gasteiger partial charge in [-0.3, -0.25) is 0 Å². The van der Waals surface area contributed by atoms with Crippen LogP contribution >= 0.6 is 11.6 Å². The van der Waals surface area contributed by atoms with Crippen LogP contribution in [0.2, 0.25) is 5.02 Å². The van der Waals surface area contributed by atoms with Crippen molar-refractivity contribution < 1.29 is 18.7 Å². The predicted molar refractivity (Wildman–Crippen MR) is 99.9 cm³/mol. The zero-order valence-corrected chi connectivity index (χ0v) is 15.6. The predicted octanol–water partition coefficient (Wildman–Crippen LogP) is 4.31. The van der Waals surface area contributed by atoms with Gasteiger partial charge >= 0.3 is 0 Å². The highest BCUT2D eigenvalue weighted by atomic mass is 35.5. The molecule has 0 radical (unpaired) electrons. The Balaban J connectivity index is 2.22. The smallest absolute Gasteiger partial charge is 0.149 e. The minimum Gasteiger partial charge on any atom is -0.483 e. The third kappa shape index (κ3) is 5.53. The van der Waals surface area contributed by atoms with Gasteiger partial charge < -0.3 is 20.0 Å². The Morgan fingerprint density at radius 1 is 1.27 bits per heavy atom. The van der Waals surface area contributed by atoms with E-state index >= 15 is 0 Å². The average Bonchev–Trinajstić information content (AvgIpc) is 2.64. The molecule has 26 heavy (non-hydrogen) atoms. The lowest BCUT2D eigenvalue weighted by molar-refractivity contribution is -0.116. The van der Waals surface area contributed by atoms with Gasteiger partial charge in [-0.25, -0.2) is 4.39 Å². The molecular formula is C20H23ClFNO3. The van der Waals surface area contributed by atoms with E-state index in [1.54, 1.807) is 0 Å². The summed E-state index contributed by atoms with van der Waals surface area (Å²) in [6, 6.07) is 13.4. The molecule has 2 rings (SSSR count). The number of benzene rings is 2. The van der Waals surface area contributed by atoms with Crippen molar-refractivity contribution in [2.75, 3.05) is 6.61 Å². The fourth-order valence-electron chi connectivity index (χ4n) is 2.41. The fraction of sp³-hybridized carbons (Fsp3) is 0.350. The molecule has 0 bridgehead atoms. The van der Waals surface area contributed by atoms with Crippen molar-refractivity contribution in [1.82, 2.24) is 0 Å². The van der Waals surface area contributed by atoms with Crippen LogP contribution in [0.3, 0.4) is 0 Å². The van der Waals surface area contributed by atoms with Gasteiger partial charge in [0.15, 0.2) is 0 Å². The Bertz CT molecular complexity index is 708. The summed E-state index contributed by atoms with van der Waals surface area (Å²) >= 11 is 5.91. The largest absolute Gasteiger partial charge is 0.483 e. The number of carbonyl (C=O) groups excluding carboxylic acids is 1. The van der Waals surface area contributed by atoms with Crippen LogP contribution < -0.4 is 10.5 Å². The van der Waals surface area contributed by atoms with Crippen molar-refractivity contribution >= 4 is 17.9 Å². The van der Waals surface area contributed by atoms with Gasteiger partial charge in [-0.2, -0.15) is 0 Å². The van der Waals surface area contributed by atoms with Crippen LogP contribution in [-0.2, 0) is 9.53 Å². The Labute approximate surface area is 158 Å². The second kappa shape index (κ2) is 9.12. The van der Waals surface area contributed by atoms with Crippen molar-refractivity contribution in [3.05, 3.63) is 64.9 Å². The summed E-state index contributed by atoms with van der Waals surface area (Å²) in [4.78, 5) is 11.2. The van der Waals surface area contributed by atoms with Crippen LogP contribution in [0, 0.1) is 5.82 Å². The Kier molecular flexibility index (Phi) is 7.14. The van der Waals surface area contributed by atoms with E-state index in [2.05, 4.69) is 0 Å². The summed E-state index contributed by atoms with van der Waals surface area (Å²) in [7, 11) is 0. The van der Waals surface area contributed by atoms with E-state index in [4.69, 9.17) is 26.8 Å². The van der Waals surface area contributed by atoms with Gasteiger partial charge in [0.05, 0.1) is 18.2 Å².